The minimum atomic E-state index is -0.714. The summed E-state index contributed by atoms with van der Waals surface area (Å²) in [6.45, 7) is 0.507. The molecular formula is C7H12O4S. The van der Waals surface area contributed by atoms with E-state index in [0.29, 0.717) is 6.61 Å². The summed E-state index contributed by atoms with van der Waals surface area (Å²) in [5.74, 6) is 0. The van der Waals surface area contributed by atoms with E-state index in [4.69, 9.17) is 9.47 Å². The number of aliphatic hydroxyl groups excluding tert-OH is 2. The maximum Gasteiger partial charge on any atom is 0.131 e. The topological polar surface area (TPSA) is 58.9 Å². The third-order valence-electron chi connectivity index (χ3n) is 2.33. The van der Waals surface area contributed by atoms with Gasteiger partial charge in [0.05, 0.1) is 18.0 Å². The Kier molecular flexibility index (Phi) is 2.31. The molecule has 2 aliphatic rings. The number of hydrogen-bond acceptors (Lipinski definition) is 5. The van der Waals surface area contributed by atoms with Crippen LogP contribution in [0.2, 0.25) is 0 Å². The van der Waals surface area contributed by atoms with Crippen molar-refractivity contribution in [3.05, 3.63) is 0 Å². The summed E-state index contributed by atoms with van der Waals surface area (Å²) in [7, 11) is 1.55. The van der Waals surface area contributed by atoms with Crippen molar-refractivity contribution < 1.29 is 19.7 Å². The molecule has 70 valence electrons. The minimum absolute atomic E-state index is 0.0587. The summed E-state index contributed by atoms with van der Waals surface area (Å²) < 4.78 is 10.3. The van der Waals surface area contributed by atoms with Crippen molar-refractivity contribution in [2.24, 2.45) is 0 Å². The average Bonchev–Trinajstić information content (AvgIpc) is 2.31. The Morgan fingerprint density at radius 3 is 2.83 bits per heavy atom. The first-order valence-electron chi connectivity index (χ1n) is 3.90. The summed E-state index contributed by atoms with van der Waals surface area (Å²) in [6.07, 6.45) is -1.72. The summed E-state index contributed by atoms with van der Waals surface area (Å²) >= 11 is 1.44. The fourth-order valence-electron chi connectivity index (χ4n) is 1.64. The molecule has 5 atom stereocenters. The predicted octanol–water partition coefficient (Wildman–Crippen LogP) is -0.805. The largest absolute Gasteiger partial charge is 0.389 e. The first kappa shape index (κ1) is 8.77. The molecule has 5 unspecified atom stereocenters. The smallest absolute Gasteiger partial charge is 0.131 e. The van der Waals surface area contributed by atoms with Crippen LogP contribution in [-0.4, -0.2) is 52.9 Å². The van der Waals surface area contributed by atoms with Crippen LogP contribution in [-0.2, 0) is 9.47 Å². The van der Waals surface area contributed by atoms with Gasteiger partial charge in [-0.15, -0.1) is 11.8 Å². The molecule has 0 aromatic rings. The summed E-state index contributed by atoms with van der Waals surface area (Å²) in [4.78, 5) is 0. The molecule has 0 saturated carbocycles. The van der Waals surface area contributed by atoms with Gasteiger partial charge < -0.3 is 19.7 Å². The Hall–Kier alpha value is 0.190. The molecule has 0 radical (unpaired) electrons. The monoisotopic (exact) mass is 192 g/mol. The van der Waals surface area contributed by atoms with Crippen molar-refractivity contribution in [1.29, 1.82) is 0 Å². The Morgan fingerprint density at radius 2 is 2.17 bits per heavy atom. The Bertz CT molecular complexity index is 177. The first-order chi connectivity index (χ1) is 5.74. The van der Waals surface area contributed by atoms with Crippen molar-refractivity contribution >= 4 is 11.8 Å². The van der Waals surface area contributed by atoms with Crippen molar-refractivity contribution in [1.82, 2.24) is 0 Å². The van der Waals surface area contributed by atoms with Crippen molar-refractivity contribution in [2.45, 2.75) is 29.0 Å². The van der Waals surface area contributed by atoms with Gasteiger partial charge in [0, 0.05) is 7.11 Å². The average molecular weight is 192 g/mol. The van der Waals surface area contributed by atoms with Crippen molar-refractivity contribution in [3.8, 4) is 0 Å². The van der Waals surface area contributed by atoms with Gasteiger partial charge >= 0.3 is 0 Å². The second kappa shape index (κ2) is 3.16. The van der Waals surface area contributed by atoms with Crippen LogP contribution in [0.1, 0.15) is 0 Å². The maximum absolute atomic E-state index is 9.59. The number of fused-ring (bicyclic) bond motifs is 2. The van der Waals surface area contributed by atoms with Gasteiger partial charge in [-0.1, -0.05) is 0 Å². The van der Waals surface area contributed by atoms with E-state index in [-0.39, 0.29) is 10.7 Å². The molecule has 5 heteroatoms. The van der Waals surface area contributed by atoms with Crippen LogP contribution in [0.3, 0.4) is 0 Å². The molecule has 0 aliphatic carbocycles. The number of aliphatic hydroxyl groups is 2. The van der Waals surface area contributed by atoms with E-state index in [2.05, 4.69) is 0 Å². The molecule has 0 aromatic carbocycles. The molecule has 2 heterocycles. The van der Waals surface area contributed by atoms with Gasteiger partial charge in [0.15, 0.2) is 0 Å². The first-order valence-corrected chi connectivity index (χ1v) is 4.84. The number of rotatable bonds is 1. The van der Waals surface area contributed by atoms with Crippen molar-refractivity contribution in [2.75, 3.05) is 13.7 Å². The molecule has 2 rings (SSSR count). The summed E-state index contributed by atoms with van der Waals surface area (Å²) in [5, 5.41) is 19.2. The van der Waals surface area contributed by atoms with Crippen molar-refractivity contribution in [3.63, 3.8) is 0 Å². The van der Waals surface area contributed by atoms with Gasteiger partial charge in [-0.05, 0) is 0 Å². The molecule has 0 spiro atoms. The molecule has 0 amide bonds. The minimum Gasteiger partial charge on any atom is -0.389 e. The van der Waals surface area contributed by atoms with E-state index in [0.717, 1.165) is 0 Å². The lowest BCUT2D eigenvalue weighted by Gasteiger charge is -2.33. The maximum atomic E-state index is 9.59. The molecule has 2 bridgehead atoms. The van der Waals surface area contributed by atoms with E-state index in [1.807, 2.05) is 0 Å². The molecule has 2 saturated heterocycles. The zero-order chi connectivity index (χ0) is 8.72. The van der Waals surface area contributed by atoms with Crippen LogP contribution in [0.5, 0.6) is 0 Å². The normalized spacial score (nSPS) is 52.8. The van der Waals surface area contributed by atoms with Crippen LogP contribution in [0.4, 0.5) is 0 Å². The van der Waals surface area contributed by atoms with E-state index in [1.165, 1.54) is 11.8 Å². The zero-order valence-electron chi connectivity index (χ0n) is 6.71. The summed E-state index contributed by atoms with van der Waals surface area (Å²) in [6, 6.07) is 0. The number of hydrogen-bond donors (Lipinski definition) is 2. The Morgan fingerprint density at radius 1 is 1.42 bits per heavy atom. The lowest BCUT2D eigenvalue weighted by molar-refractivity contribution is -0.0834. The van der Waals surface area contributed by atoms with Crippen LogP contribution in [0, 0.1) is 0 Å². The number of ether oxygens (including phenoxy) is 2. The van der Waals surface area contributed by atoms with Gasteiger partial charge in [0.2, 0.25) is 0 Å². The molecule has 0 aromatic heterocycles. The lowest BCUT2D eigenvalue weighted by Crippen LogP contribution is -2.48. The quantitative estimate of drug-likeness (QED) is 0.569. The standard InChI is InChI=1S/C7H12O4S/c1-10-7-5(9)6-4(8)3(12-7)2-11-6/h3-9H,2H2,1H3. The highest BCUT2D eigenvalue weighted by atomic mass is 32.2. The molecule has 2 fully saturated rings. The van der Waals surface area contributed by atoms with Gasteiger partial charge in [0.1, 0.15) is 17.6 Å². The van der Waals surface area contributed by atoms with E-state index >= 15 is 0 Å². The van der Waals surface area contributed by atoms with Crippen LogP contribution >= 0.6 is 11.8 Å². The van der Waals surface area contributed by atoms with E-state index in [9.17, 15) is 10.2 Å². The van der Waals surface area contributed by atoms with Gasteiger partial charge in [-0.25, -0.2) is 0 Å². The Balaban J connectivity index is 2.12. The van der Waals surface area contributed by atoms with E-state index < -0.39 is 18.3 Å². The van der Waals surface area contributed by atoms with Gasteiger partial charge in [-0.3, -0.25) is 0 Å². The molecule has 12 heavy (non-hydrogen) atoms. The third-order valence-corrected chi connectivity index (χ3v) is 3.83. The molecule has 4 nitrogen and oxygen atoms in total. The fourth-order valence-corrected chi connectivity index (χ4v) is 2.88. The highest BCUT2D eigenvalue weighted by Crippen LogP contribution is 2.39. The second-order valence-electron chi connectivity index (χ2n) is 3.06. The molecular weight excluding hydrogens is 180 g/mol. The SMILES string of the molecule is COC1SC2COC(C2O)C1O. The number of methoxy groups -OCH3 is 1. The zero-order valence-corrected chi connectivity index (χ0v) is 7.53. The highest BCUT2D eigenvalue weighted by Gasteiger charge is 2.49. The predicted molar refractivity (Wildman–Crippen MR) is 43.9 cm³/mol. The highest BCUT2D eigenvalue weighted by molar-refractivity contribution is 8.00. The van der Waals surface area contributed by atoms with Gasteiger partial charge in [0.25, 0.3) is 0 Å². The summed E-state index contributed by atoms with van der Waals surface area (Å²) in [5.41, 5.74) is -0.258. The van der Waals surface area contributed by atoms with Gasteiger partial charge in [-0.2, -0.15) is 0 Å². The molecule has 2 N–H and O–H groups in total. The van der Waals surface area contributed by atoms with Crippen LogP contribution < -0.4 is 0 Å². The Labute approximate surface area is 74.9 Å². The van der Waals surface area contributed by atoms with E-state index in [1.54, 1.807) is 7.11 Å². The number of thioether (sulfide) groups is 1. The second-order valence-corrected chi connectivity index (χ2v) is 4.40. The third kappa shape index (κ3) is 1.16. The van der Waals surface area contributed by atoms with Crippen LogP contribution in [0.15, 0.2) is 0 Å². The van der Waals surface area contributed by atoms with Crippen LogP contribution in [0.25, 0.3) is 0 Å². The fraction of sp³-hybridized carbons (Fsp3) is 1.00. The lowest BCUT2D eigenvalue weighted by atomic mass is 10.1. The molecule has 2 aliphatic heterocycles.